The fourth-order valence-electron chi connectivity index (χ4n) is 3.91. The summed E-state index contributed by atoms with van der Waals surface area (Å²) in [5.74, 6) is 1.21. The van der Waals surface area contributed by atoms with E-state index in [0.29, 0.717) is 31.0 Å². The van der Waals surface area contributed by atoms with Crippen molar-refractivity contribution in [1.29, 1.82) is 0 Å². The van der Waals surface area contributed by atoms with Crippen LogP contribution in [-0.2, 0) is 16.2 Å². The molecule has 6 nitrogen and oxygen atoms in total. The second-order valence-corrected chi connectivity index (χ2v) is 8.01. The highest BCUT2D eigenvalue weighted by atomic mass is 19.1. The minimum atomic E-state index is -0.285. The Morgan fingerprint density at radius 3 is 2.52 bits per heavy atom. The van der Waals surface area contributed by atoms with E-state index in [1.165, 1.54) is 12.1 Å². The van der Waals surface area contributed by atoms with Gasteiger partial charge in [-0.25, -0.2) is 4.39 Å². The van der Waals surface area contributed by atoms with E-state index in [0.717, 1.165) is 36.1 Å². The Morgan fingerprint density at radius 1 is 1.13 bits per heavy atom. The molecule has 2 aromatic rings. The second kappa shape index (κ2) is 9.37. The largest absolute Gasteiger partial charge is 0.493 e. The van der Waals surface area contributed by atoms with Crippen LogP contribution in [-0.4, -0.2) is 43.4 Å². The zero-order valence-electron chi connectivity index (χ0n) is 17.8. The van der Waals surface area contributed by atoms with Crippen LogP contribution in [0.1, 0.15) is 36.8 Å². The normalized spacial score (nSPS) is 18.0. The summed E-state index contributed by atoms with van der Waals surface area (Å²) in [6.07, 6.45) is 3.31. The maximum absolute atomic E-state index is 13.3. The predicted molar refractivity (Wildman–Crippen MR) is 115 cm³/mol. The van der Waals surface area contributed by atoms with Crippen LogP contribution in [0.3, 0.4) is 0 Å². The Kier molecular flexibility index (Phi) is 6.39. The third kappa shape index (κ3) is 4.81. The summed E-state index contributed by atoms with van der Waals surface area (Å²) >= 11 is 0. The molecule has 1 saturated carbocycles. The van der Waals surface area contributed by atoms with E-state index < -0.39 is 0 Å². The van der Waals surface area contributed by atoms with Crippen molar-refractivity contribution < 1.29 is 23.5 Å². The Hall–Kier alpha value is -3.09. The van der Waals surface area contributed by atoms with Crippen LogP contribution in [0.25, 0.3) is 0 Å². The van der Waals surface area contributed by atoms with Crippen molar-refractivity contribution in [2.45, 2.75) is 38.3 Å². The molecule has 4 rings (SSSR count). The highest BCUT2D eigenvalue weighted by Gasteiger charge is 2.33. The lowest BCUT2D eigenvalue weighted by molar-refractivity contribution is -0.140. The van der Waals surface area contributed by atoms with Gasteiger partial charge in [-0.05, 0) is 48.7 Å². The number of nitrogens with zero attached hydrogens (tertiary/aromatic N) is 2. The first-order valence-corrected chi connectivity index (χ1v) is 10.6. The van der Waals surface area contributed by atoms with Crippen LogP contribution >= 0.6 is 0 Å². The Balaban J connectivity index is 1.44. The van der Waals surface area contributed by atoms with Gasteiger partial charge in [-0.1, -0.05) is 23.7 Å². The average molecular weight is 426 g/mol. The van der Waals surface area contributed by atoms with Crippen LogP contribution in [0.2, 0.25) is 0 Å². The van der Waals surface area contributed by atoms with Crippen molar-refractivity contribution in [1.82, 2.24) is 4.90 Å². The van der Waals surface area contributed by atoms with E-state index in [-0.39, 0.29) is 23.7 Å². The van der Waals surface area contributed by atoms with Crippen molar-refractivity contribution in [2.24, 2.45) is 11.1 Å². The van der Waals surface area contributed by atoms with Gasteiger partial charge in [0.1, 0.15) is 5.82 Å². The molecule has 1 atom stereocenters. The molecule has 0 N–H and O–H groups in total. The molecule has 7 heteroatoms. The summed E-state index contributed by atoms with van der Waals surface area (Å²) < 4.78 is 23.9. The van der Waals surface area contributed by atoms with Crippen LogP contribution in [0.5, 0.6) is 11.5 Å². The van der Waals surface area contributed by atoms with Crippen LogP contribution in [0.15, 0.2) is 47.6 Å². The lowest BCUT2D eigenvalue weighted by Gasteiger charge is -2.32. The zero-order valence-corrected chi connectivity index (χ0v) is 17.8. The summed E-state index contributed by atoms with van der Waals surface area (Å²) in [5, 5.41) is 4.26. The van der Waals surface area contributed by atoms with Crippen molar-refractivity contribution in [2.75, 3.05) is 20.8 Å². The minimum Gasteiger partial charge on any atom is -0.493 e. The Bertz CT molecular complexity index is 957. The topological polar surface area (TPSA) is 60.4 Å². The van der Waals surface area contributed by atoms with Gasteiger partial charge >= 0.3 is 0 Å². The molecule has 0 radical (unpaired) electrons. The molecule has 1 unspecified atom stereocenters. The number of hydrogen-bond acceptors (Lipinski definition) is 5. The van der Waals surface area contributed by atoms with Gasteiger partial charge in [0.25, 0.3) is 0 Å². The number of amides is 1. The molecule has 2 aliphatic rings. The molecule has 0 aromatic heterocycles. The third-order valence-corrected chi connectivity index (χ3v) is 5.93. The molecule has 2 aromatic carbocycles. The van der Waals surface area contributed by atoms with Crippen LogP contribution in [0.4, 0.5) is 4.39 Å². The maximum atomic E-state index is 13.3. The second-order valence-electron chi connectivity index (χ2n) is 8.01. The minimum absolute atomic E-state index is 0.0769. The van der Waals surface area contributed by atoms with E-state index in [2.05, 4.69) is 5.16 Å². The van der Waals surface area contributed by atoms with Gasteiger partial charge in [0, 0.05) is 24.4 Å². The molecule has 1 aliphatic heterocycles. The number of halogens is 1. The first-order chi connectivity index (χ1) is 15.1. The molecule has 1 heterocycles. The molecule has 1 aliphatic carbocycles. The predicted octanol–water partition coefficient (Wildman–Crippen LogP) is 4.16. The number of benzene rings is 2. The van der Waals surface area contributed by atoms with E-state index in [9.17, 15) is 9.18 Å². The number of rotatable bonds is 8. The smallest absolute Gasteiger partial charge is 0.226 e. The summed E-state index contributed by atoms with van der Waals surface area (Å²) in [6.45, 7) is 0.869. The zero-order chi connectivity index (χ0) is 21.8. The molecule has 1 amide bonds. The van der Waals surface area contributed by atoms with Crippen LogP contribution in [0, 0.1) is 11.7 Å². The Morgan fingerprint density at radius 2 is 1.87 bits per heavy atom. The van der Waals surface area contributed by atoms with Gasteiger partial charge in [-0.3, -0.25) is 4.79 Å². The molecule has 164 valence electrons. The highest BCUT2D eigenvalue weighted by molar-refractivity contribution is 6.01. The van der Waals surface area contributed by atoms with Crippen molar-refractivity contribution >= 4 is 11.6 Å². The lowest BCUT2D eigenvalue weighted by Crippen LogP contribution is -2.42. The number of ether oxygens (including phenoxy) is 2. The van der Waals surface area contributed by atoms with E-state index in [1.54, 1.807) is 26.4 Å². The van der Waals surface area contributed by atoms with E-state index in [4.69, 9.17) is 14.3 Å². The number of hydrogen-bond donors (Lipinski definition) is 0. The van der Waals surface area contributed by atoms with Gasteiger partial charge in [-0.2, -0.15) is 0 Å². The van der Waals surface area contributed by atoms with Gasteiger partial charge in [0.15, 0.2) is 17.6 Å². The van der Waals surface area contributed by atoms with Crippen molar-refractivity contribution in [3.05, 3.63) is 59.4 Å². The standard InChI is InChI=1S/C24H27FN2O4/c1-29-22-11-8-18(12-23(22)30-2)21-13-20(31-26-21)15-27(24(28)17-4-3-5-17)14-16-6-9-19(25)10-7-16/h6-12,17,20H,3-5,13-15H2,1-2H3. The van der Waals surface area contributed by atoms with Gasteiger partial charge in [-0.15, -0.1) is 0 Å². The number of carbonyl (C=O) groups is 1. The molecule has 0 spiro atoms. The summed E-state index contributed by atoms with van der Waals surface area (Å²) in [5.41, 5.74) is 2.60. The molecule has 31 heavy (non-hydrogen) atoms. The lowest BCUT2D eigenvalue weighted by atomic mass is 9.84. The maximum Gasteiger partial charge on any atom is 0.226 e. The third-order valence-electron chi connectivity index (χ3n) is 5.93. The molecule has 0 bridgehead atoms. The summed E-state index contributed by atoms with van der Waals surface area (Å²) in [4.78, 5) is 20.5. The monoisotopic (exact) mass is 426 g/mol. The SMILES string of the molecule is COc1ccc(C2=NOC(CN(Cc3ccc(F)cc3)C(=O)C3CCC3)C2)cc1OC. The summed E-state index contributed by atoms with van der Waals surface area (Å²) in [6, 6.07) is 11.9. The van der Waals surface area contributed by atoms with E-state index in [1.807, 2.05) is 23.1 Å². The molecule has 1 fully saturated rings. The van der Waals surface area contributed by atoms with Crippen molar-refractivity contribution in [3.63, 3.8) is 0 Å². The molecule has 0 saturated heterocycles. The summed E-state index contributed by atoms with van der Waals surface area (Å²) in [7, 11) is 3.19. The van der Waals surface area contributed by atoms with Gasteiger partial charge in [0.2, 0.25) is 5.91 Å². The van der Waals surface area contributed by atoms with Gasteiger partial charge < -0.3 is 19.2 Å². The van der Waals surface area contributed by atoms with Gasteiger partial charge in [0.05, 0.1) is 26.5 Å². The molecular formula is C24H27FN2O4. The number of methoxy groups -OCH3 is 2. The number of carbonyl (C=O) groups excluding carboxylic acids is 1. The van der Waals surface area contributed by atoms with Crippen LogP contribution < -0.4 is 9.47 Å². The first kappa shape index (κ1) is 21.2. The van der Waals surface area contributed by atoms with E-state index >= 15 is 0 Å². The number of oxime groups is 1. The highest BCUT2D eigenvalue weighted by Crippen LogP contribution is 2.31. The average Bonchev–Trinajstić information content (AvgIpc) is 3.21. The first-order valence-electron chi connectivity index (χ1n) is 10.6. The fourth-order valence-corrected chi connectivity index (χ4v) is 3.91. The molecular weight excluding hydrogens is 399 g/mol. The Labute approximate surface area is 181 Å². The van der Waals surface area contributed by atoms with Crippen molar-refractivity contribution in [3.8, 4) is 11.5 Å². The quantitative estimate of drug-likeness (QED) is 0.636. The fraction of sp³-hybridized carbons (Fsp3) is 0.417.